The molecule has 0 amide bonds. The van der Waals surface area contributed by atoms with E-state index in [9.17, 15) is 4.79 Å². The van der Waals surface area contributed by atoms with E-state index in [1.165, 1.54) is 32.1 Å². The predicted molar refractivity (Wildman–Crippen MR) is 69.8 cm³/mol. The molecule has 3 nitrogen and oxygen atoms in total. The lowest BCUT2D eigenvalue weighted by Gasteiger charge is -2.29. The van der Waals surface area contributed by atoms with Crippen LogP contribution in [0.4, 0.5) is 0 Å². The van der Waals surface area contributed by atoms with Crippen LogP contribution in [0.1, 0.15) is 52.9 Å². The van der Waals surface area contributed by atoms with Crippen LogP contribution in [0.25, 0.3) is 0 Å². The van der Waals surface area contributed by atoms with Crippen molar-refractivity contribution in [1.82, 2.24) is 5.32 Å². The summed E-state index contributed by atoms with van der Waals surface area (Å²) in [7, 11) is 0. The highest BCUT2D eigenvalue weighted by molar-refractivity contribution is 5.72. The van der Waals surface area contributed by atoms with Crippen LogP contribution in [0.15, 0.2) is 0 Å². The molecule has 0 aromatic heterocycles. The van der Waals surface area contributed by atoms with Crippen LogP contribution in [-0.4, -0.2) is 25.2 Å². The number of esters is 1. The molecule has 0 bridgehead atoms. The van der Waals surface area contributed by atoms with Crippen LogP contribution < -0.4 is 5.32 Å². The highest BCUT2D eigenvalue weighted by atomic mass is 16.5. The van der Waals surface area contributed by atoms with E-state index >= 15 is 0 Å². The monoisotopic (exact) mass is 241 g/mol. The van der Waals surface area contributed by atoms with Crippen molar-refractivity contribution in [2.24, 2.45) is 11.8 Å². The molecule has 0 saturated heterocycles. The van der Waals surface area contributed by atoms with Crippen molar-refractivity contribution < 1.29 is 9.53 Å². The predicted octanol–water partition coefficient (Wildman–Crippen LogP) is 2.74. The smallest absolute Gasteiger partial charge is 0.309 e. The van der Waals surface area contributed by atoms with Crippen molar-refractivity contribution in [2.75, 3.05) is 13.2 Å². The number of carbonyl (C=O) groups is 1. The Morgan fingerprint density at radius 1 is 1.41 bits per heavy atom. The summed E-state index contributed by atoms with van der Waals surface area (Å²) in [5, 5.41) is 3.52. The van der Waals surface area contributed by atoms with Gasteiger partial charge in [0.25, 0.3) is 0 Å². The van der Waals surface area contributed by atoms with Crippen molar-refractivity contribution in [3.63, 3.8) is 0 Å². The number of hydrogen-bond donors (Lipinski definition) is 1. The van der Waals surface area contributed by atoms with Gasteiger partial charge in [0, 0.05) is 12.6 Å². The molecule has 3 unspecified atom stereocenters. The Kier molecular flexibility index (Phi) is 6.56. The van der Waals surface area contributed by atoms with Gasteiger partial charge in [-0.1, -0.05) is 33.1 Å². The molecule has 1 aliphatic carbocycles. The molecule has 3 heteroatoms. The Bertz CT molecular complexity index is 230. The van der Waals surface area contributed by atoms with Gasteiger partial charge in [0.2, 0.25) is 0 Å². The van der Waals surface area contributed by atoms with Crippen molar-refractivity contribution in [3.05, 3.63) is 0 Å². The van der Waals surface area contributed by atoms with Crippen molar-refractivity contribution in [3.8, 4) is 0 Å². The highest BCUT2D eigenvalue weighted by Crippen LogP contribution is 2.26. The third-order valence-electron chi connectivity index (χ3n) is 3.76. The van der Waals surface area contributed by atoms with E-state index in [0.29, 0.717) is 12.6 Å². The molecule has 3 atom stereocenters. The largest absolute Gasteiger partial charge is 0.466 e. The number of ether oxygens (including phenoxy) is 1. The molecule has 1 saturated carbocycles. The first-order chi connectivity index (χ1) is 8.17. The Labute approximate surface area is 105 Å². The SMILES string of the molecule is CCOC(=O)C(C)CNC1CCCC(CC)C1. The van der Waals surface area contributed by atoms with Crippen molar-refractivity contribution in [2.45, 2.75) is 58.9 Å². The molecule has 0 aromatic rings. The molecule has 0 aromatic carbocycles. The molecule has 100 valence electrons. The fraction of sp³-hybridized carbons (Fsp3) is 0.929. The zero-order valence-corrected chi connectivity index (χ0v) is 11.5. The molecular weight excluding hydrogens is 214 g/mol. The minimum Gasteiger partial charge on any atom is -0.466 e. The van der Waals surface area contributed by atoms with Crippen LogP contribution in [0, 0.1) is 11.8 Å². The van der Waals surface area contributed by atoms with Gasteiger partial charge in [-0.15, -0.1) is 0 Å². The van der Waals surface area contributed by atoms with E-state index < -0.39 is 0 Å². The van der Waals surface area contributed by atoms with Gasteiger partial charge in [-0.3, -0.25) is 4.79 Å². The summed E-state index contributed by atoms with van der Waals surface area (Å²) in [6.45, 7) is 7.29. The number of hydrogen-bond acceptors (Lipinski definition) is 3. The first kappa shape index (κ1) is 14.5. The highest BCUT2D eigenvalue weighted by Gasteiger charge is 2.22. The average Bonchev–Trinajstić information content (AvgIpc) is 2.36. The maximum atomic E-state index is 11.5. The summed E-state index contributed by atoms with van der Waals surface area (Å²) >= 11 is 0. The summed E-state index contributed by atoms with van der Waals surface area (Å²) in [6, 6.07) is 0.602. The van der Waals surface area contributed by atoms with Gasteiger partial charge in [0.05, 0.1) is 12.5 Å². The Hall–Kier alpha value is -0.570. The average molecular weight is 241 g/mol. The Balaban J connectivity index is 2.23. The van der Waals surface area contributed by atoms with Gasteiger partial charge in [0.15, 0.2) is 0 Å². The van der Waals surface area contributed by atoms with Gasteiger partial charge >= 0.3 is 5.97 Å². The minimum atomic E-state index is -0.0807. The quantitative estimate of drug-likeness (QED) is 0.727. The second-order valence-electron chi connectivity index (χ2n) is 5.20. The molecule has 1 aliphatic rings. The lowest BCUT2D eigenvalue weighted by molar-refractivity contribution is -0.147. The summed E-state index contributed by atoms with van der Waals surface area (Å²) in [5.74, 6) is 0.763. The van der Waals surface area contributed by atoms with Crippen molar-refractivity contribution in [1.29, 1.82) is 0 Å². The van der Waals surface area contributed by atoms with E-state index in [1.54, 1.807) is 0 Å². The number of carbonyl (C=O) groups excluding carboxylic acids is 1. The molecule has 0 aliphatic heterocycles. The Morgan fingerprint density at radius 3 is 2.82 bits per heavy atom. The normalized spacial score (nSPS) is 26.5. The van der Waals surface area contributed by atoms with Gasteiger partial charge in [-0.05, 0) is 25.7 Å². The van der Waals surface area contributed by atoms with Crippen molar-refractivity contribution >= 4 is 5.97 Å². The molecule has 0 heterocycles. The standard InChI is InChI=1S/C14H27NO2/c1-4-12-7-6-8-13(9-12)15-10-11(3)14(16)17-5-2/h11-13,15H,4-10H2,1-3H3. The van der Waals surface area contributed by atoms with E-state index in [-0.39, 0.29) is 11.9 Å². The van der Waals surface area contributed by atoms with Crippen LogP contribution in [0.3, 0.4) is 0 Å². The summed E-state index contributed by atoms with van der Waals surface area (Å²) < 4.78 is 5.01. The van der Waals surface area contributed by atoms with Crippen LogP contribution >= 0.6 is 0 Å². The number of rotatable bonds is 6. The maximum absolute atomic E-state index is 11.5. The van der Waals surface area contributed by atoms with E-state index in [0.717, 1.165) is 12.5 Å². The fourth-order valence-corrected chi connectivity index (χ4v) is 2.56. The molecule has 1 rings (SSSR count). The molecule has 0 spiro atoms. The van der Waals surface area contributed by atoms with E-state index in [4.69, 9.17) is 4.74 Å². The molecule has 17 heavy (non-hydrogen) atoms. The fourth-order valence-electron chi connectivity index (χ4n) is 2.56. The minimum absolute atomic E-state index is 0.0306. The maximum Gasteiger partial charge on any atom is 0.309 e. The van der Waals surface area contributed by atoms with Gasteiger partial charge in [-0.25, -0.2) is 0 Å². The third-order valence-corrected chi connectivity index (χ3v) is 3.76. The van der Waals surface area contributed by atoms with Gasteiger partial charge < -0.3 is 10.1 Å². The zero-order valence-electron chi connectivity index (χ0n) is 11.5. The topological polar surface area (TPSA) is 38.3 Å². The first-order valence-corrected chi connectivity index (χ1v) is 7.07. The van der Waals surface area contributed by atoms with Crippen LogP contribution in [0.2, 0.25) is 0 Å². The Morgan fingerprint density at radius 2 is 2.18 bits per heavy atom. The second kappa shape index (κ2) is 7.70. The molecular formula is C14H27NO2. The summed E-state index contributed by atoms with van der Waals surface area (Å²) in [4.78, 5) is 11.5. The molecule has 1 N–H and O–H groups in total. The summed E-state index contributed by atoms with van der Waals surface area (Å²) in [6.07, 6.45) is 6.51. The zero-order chi connectivity index (χ0) is 12.7. The second-order valence-corrected chi connectivity index (χ2v) is 5.20. The molecule has 0 radical (unpaired) electrons. The lowest BCUT2D eigenvalue weighted by Crippen LogP contribution is -2.38. The number of nitrogens with one attached hydrogen (secondary N) is 1. The molecule has 1 fully saturated rings. The third kappa shape index (κ3) is 5.07. The first-order valence-electron chi connectivity index (χ1n) is 7.07. The van der Waals surface area contributed by atoms with E-state index in [1.807, 2.05) is 13.8 Å². The van der Waals surface area contributed by atoms with Crippen LogP contribution in [-0.2, 0) is 9.53 Å². The summed E-state index contributed by atoms with van der Waals surface area (Å²) in [5.41, 5.74) is 0. The van der Waals surface area contributed by atoms with E-state index in [2.05, 4.69) is 12.2 Å². The van der Waals surface area contributed by atoms with Gasteiger partial charge in [0.1, 0.15) is 0 Å². The van der Waals surface area contributed by atoms with Gasteiger partial charge in [-0.2, -0.15) is 0 Å². The van der Waals surface area contributed by atoms with Crippen LogP contribution in [0.5, 0.6) is 0 Å². The lowest BCUT2D eigenvalue weighted by atomic mass is 9.84.